The van der Waals surface area contributed by atoms with Crippen LogP contribution in [0.3, 0.4) is 0 Å². The number of nitrogens with zero attached hydrogens (tertiary/aromatic N) is 2. The summed E-state index contributed by atoms with van der Waals surface area (Å²) < 4.78 is 14.5. The molecule has 5 heteroatoms. The van der Waals surface area contributed by atoms with Gasteiger partial charge in [-0.05, 0) is 64.9 Å². The fourth-order valence-corrected chi connectivity index (χ4v) is 3.64. The summed E-state index contributed by atoms with van der Waals surface area (Å²) in [5, 5.41) is 5.82. The van der Waals surface area contributed by atoms with Crippen LogP contribution in [0.2, 0.25) is 0 Å². The first-order chi connectivity index (χ1) is 11.3. The first-order valence-electron chi connectivity index (χ1n) is 9.11. The Bertz CT molecular complexity index is 748. The molecule has 0 amide bonds. The number of aromatic nitrogens is 2. The highest BCUT2D eigenvalue weighted by Crippen LogP contribution is 2.38. The van der Waals surface area contributed by atoms with E-state index in [1.54, 1.807) is 0 Å². The van der Waals surface area contributed by atoms with Crippen molar-refractivity contribution in [2.75, 3.05) is 0 Å². The number of hydrogen-bond donors (Lipinski definition) is 0. The van der Waals surface area contributed by atoms with Gasteiger partial charge in [-0.3, -0.25) is 4.68 Å². The maximum atomic E-state index is 6.17. The molecule has 1 aromatic carbocycles. The van der Waals surface area contributed by atoms with Crippen molar-refractivity contribution in [2.24, 2.45) is 5.92 Å². The first kappa shape index (κ1) is 16.2. The van der Waals surface area contributed by atoms with Crippen molar-refractivity contribution in [3.05, 3.63) is 24.4 Å². The Morgan fingerprint density at radius 1 is 1.17 bits per heavy atom. The van der Waals surface area contributed by atoms with Crippen LogP contribution in [-0.2, 0) is 9.31 Å². The average Bonchev–Trinajstić information content (AvgIpc) is 2.95. The molecule has 2 heterocycles. The Hall–Kier alpha value is -1.33. The second-order valence-corrected chi connectivity index (χ2v) is 8.43. The van der Waals surface area contributed by atoms with Gasteiger partial charge < -0.3 is 9.31 Å². The number of benzene rings is 1. The monoisotopic (exact) mass is 326 g/mol. The summed E-state index contributed by atoms with van der Waals surface area (Å²) >= 11 is 0. The molecule has 1 atom stereocenters. The Morgan fingerprint density at radius 2 is 1.83 bits per heavy atom. The van der Waals surface area contributed by atoms with Gasteiger partial charge in [0.25, 0.3) is 0 Å². The number of rotatable bonds is 3. The largest absolute Gasteiger partial charge is 0.494 e. The summed E-state index contributed by atoms with van der Waals surface area (Å²) in [7, 11) is -0.313. The molecule has 1 aliphatic heterocycles. The van der Waals surface area contributed by atoms with E-state index in [9.17, 15) is 0 Å². The number of hydrogen-bond acceptors (Lipinski definition) is 3. The highest BCUT2D eigenvalue weighted by molar-refractivity contribution is 6.62. The predicted octanol–water partition coefficient (Wildman–Crippen LogP) is 3.70. The lowest BCUT2D eigenvalue weighted by Crippen LogP contribution is -2.41. The van der Waals surface area contributed by atoms with Crippen molar-refractivity contribution in [3.63, 3.8) is 0 Å². The molecule has 1 aromatic heterocycles. The standard InChI is InChI=1S/C19H27BN2O2/c1-13(14-7-6-8-14)22-17-10-9-16(11-15(17)12-21-22)20-23-18(2,3)19(4,5)24-20/h9-14H,6-8H2,1-5H3/t13-/m0/s1. The molecule has 0 bridgehead atoms. The molecule has 2 aromatic rings. The smallest absolute Gasteiger partial charge is 0.399 e. The lowest BCUT2D eigenvalue weighted by Gasteiger charge is -2.32. The third kappa shape index (κ3) is 2.41. The molecular formula is C19H27BN2O2. The van der Waals surface area contributed by atoms with E-state index in [0.717, 1.165) is 16.8 Å². The summed E-state index contributed by atoms with van der Waals surface area (Å²) in [6.07, 6.45) is 5.99. The summed E-state index contributed by atoms with van der Waals surface area (Å²) in [6, 6.07) is 6.92. The van der Waals surface area contributed by atoms with Gasteiger partial charge in [-0.15, -0.1) is 0 Å². The van der Waals surface area contributed by atoms with Crippen LogP contribution < -0.4 is 5.46 Å². The van der Waals surface area contributed by atoms with Crippen molar-refractivity contribution >= 4 is 23.5 Å². The average molecular weight is 326 g/mol. The van der Waals surface area contributed by atoms with Crippen LogP contribution in [0, 0.1) is 5.92 Å². The van der Waals surface area contributed by atoms with Gasteiger partial charge in [0.1, 0.15) is 0 Å². The molecule has 24 heavy (non-hydrogen) atoms. The molecule has 0 unspecified atom stereocenters. The zero-order valence-corrected chi connectivity index (χ0v) is 15.4. The minimum Gasteiger partial charge on any atom is -0.399 e. The quantitative estimate of drug-likeness (QED) is 0.807. The molecule has 4 rings (SSSR count). The fraction of sp³-hybridized carbons (Fsp3) is 0.632. The van der Waals surface area contributed by atoms with Crippen LogP contribution >= 0.6 is 0 Å². The Labute approximate surface area is 144 Å². The maximum absolute atomic E-state index is 6.17. The second-order valence-electron chi connectivity index (χ2n) is 8.43. The number of fused-ring (bicyclic) bond motifs is 1. The third-order valence-corrected chi connectivity index (χ3v) is 6.36. The van der Waals surface area contributed by atoms with Crippen LogP contribution in [0.4, 0.5) is 0 Å². The van der Waals surface area contributed by atoms with Gasteiger partial charge in [-0.2, -0.15) is 5.10 Å². The molecule has 0 N–H and O–H groups in total. The van der Waals surface area contributed by atoms with Gasteiger partial charge in [0, 0.05) is 5.39 Å². The molecular weight excluding hydrogens is 299 g/mol. The molecule has 2 fully saturated rings. The van der Waals surface area contributed by atoms with E-state index in [1.807, 2.05) is 6.20 Å². The third-order valence-electron chi connectivity index (χ3n) is 6.36. The summed E-state index contributed by atoms with van der Waals surface area (Å²) in [4.78, 5) is 0. The lowest BCUT2D eigenvalue weighted by atomic mass is 9.78. The van der Waals surface area contributed by atoms with Gasteiger partial charge in [0.2, 0.25) is 0 Å². The Morgan fingerprint density at radius 3 is 2.42 bits per heavy atom. The summed E-state index contributed by atoms with van der Waals surface area (Å²) in [5.41, 5.74) is 1.65. The Kier molecular flexibility index (Phi) is 3.59. The summed E-state index contributed by atoms with van der Waals surface area (Å²) in [6.45, 7) is 10.6. The van der Waals surface area contributed by atoms with E-state index >= 15 is 0 Å². The molecule has 1 aliphatic carbocycles. The Balaban J connectivity index is 1.63. The van der Waals surface area contributed by atoms with Crippen LogP contribution in [0.5, 0.6) is 0 Å². The van der Waals surface area contributed by atoms with Crippen LogP contribution in [0.1, 0.15) is 59.9 Å². The van der Waals surface area contributed by atoms with Crippen molar-refractivity contribution in [3.8, 4) is 0 Å². The van der Waals surface area contributed by atoms with Crippen molar-refractivity contribution < 1.29 is 9.31 Å². The maximum Gasteiger partial charge on any atom is 0.494 e. The second kappa shape index (κ2) is 5.33. The zero-order valence-electron chi connectivity index (χ0n) is 15.4. The van der Waals surface area contributed by atoms with Crippen LogP contribution in [0.25, 0.3) is 10.9 Å². The lowest BCUT2D eigenvalue weighted by molar-refractivity contribution is 0.00578. The highest BCUT2D eigenvalue weighted by atomic mass is 16.7. The normalized spacial score (nSPS) is 24.3. The van der Waals surface area contributed by atoms with Gasteiger partial charge in [0.15, 0.2) is 0 Å². The minimum atomic E-state index is -0.313. The molecule has 4 nitrogen and oxygen atoms in total. The fourth-order valence-electron chi connectivity index (χ4n) is 3.64. The molecule has 1 saturated carbocycles. The molecule has 2 aliphatic rings. The van der Waals surface area contributed by atoms with E-state index in [-0.39, 0.29) is 18.3 Å². The van der Waals surface area contributed by atoms with Crippen LogP contribution in [0.15, 0.2) is 24.4 Å². The van der Waals surface area contributed by atoms with Gasteiger partial charge in [-0.25, -0.2) is 0 Å². The molecule has 128 valence electrons. The molecule has 0 spiro atoms. The molecule has 1 saturated heterocycles. The van der Waals surface area contributed by atoms with E-state index < -0.39 is 0 Å². The topological polar surface area (TPSA) is 36.3 Å². The highest BCUT2D eigenvalue weighted by Gasteiger charge is 2.51. The first-order valence-corrected chi connectivity index (χ1v) is 9.11. The van der Waals surface area contributed by atoms with Gasteiger partial charge in [-0.1, -0.05) is 18.6 Å². The molecule has 0 radical (unpaired) electrons. The van der Waals surface area contributed by atoms with Crippen LogP contribution in [-0.4, -0.2) is 28.1 Å². The SMILES string of the molecule is C[C@@H](C1CCC1)n1ncc2cc(B3OC(C)(C)C(C)(C)O3)ccc21. The van der Waals surface area contributed by atoms with E-state index in [1.165, 1.54) is 24.8 Å². The van der Waals surface area contributed by atoms with Crippen molar-refractivity contribution in [1.29, 1.82) is 0 Å². The van der Waals surface area contributed by atoms with Crippen molar-refractivity contribution in [2.45, 2.75) is 71.1 Å². The van der Waals surface area contributed by atoms with Gasteiger partial charge in [0.05, 0.1) is 29.0 Å². The predicted molar refractivity (Wildman–Crippen MR) is 97.5 cm³/mol. The van der Waals surface area contributed by atoms with E-state index in [0.29, 0.717) is 6.04 Å². The zero-order chi connectivity index (χ0) is 17.1. The summed E-state index contributed by atoms with van der Waals surface area (Å²) in [5.74, 6) is 0.774. The van der Waals surface area contributed by atoms with E-state index in [4.69, 9.17) is 9.31 Å². The minimum absolute atomic E-state index is 0.310. The van der Waals surface area contributed by atoms with E-state index in [2.05, 4.69) is 62.6 Å². The van der Waals surface area contributed by atoms with Crippen molar-refractivity contribution in [1.82, 2.24) is 9.78 Å². The van der Waals surface area contributed by atoms with Gasteiger partial charge >= 0.3 is 7.12 Å².